The van der Waals surface area contributed by atoms with E-state index in [0.29, 0.717) is 21.5 Å². The van der Waals surface area contributed by atoms with E-state index >= 15 is 0 Å². The maximum Gasteiger partial charge on any atom is 0.393 e. The molecule has 0 radical (unpaired) electrons. The summed E-state index contributed by atoms with van der Waals surface area (Å²) >= 11 is 1.18. The number of nitriles is 1. The first-order valence-corrected chi connectivity index (χ1v) is 19.3. The number of likely N-dealkylation sites (tertiary alicyclic amines) is 1. The zero-order valence-electron chi connectivity index (χ0n) is 28.5. The highest BCUT2D eigenvalue weighted by Crippen LogP contribution is 2.42. The van der Waals surface area contributed by atoms with E-state index < -0.39 is 45.8 Å². The van der Waals surface area contributed by atoms with E-state index in [1.54, 1.807) is 22.9 Å². The van der Waals surface area contributed by atoms with Crippen molar-refractivity contribution in [2.45, 2.75) is 75.0 Å². The number of alkyl halides is 3. The highest BCUT2D eigenvalue weighted by molar-refractivity contribution is 7.90. The van der Waals surface area contributed by atoms with Gasteiger partial charge < -0.3 is 25.0 Å². The molecule has 52 heavy (non-hydrogen) atoms. The van der Waals surface area contributed by atoms with Crippen LogP contribution in [0.5, 0.6) is 5.75 Å². The summed E-state index contributed by atoms with van der Waals surface area (Å²) in [5.74, 6) is 3.30. The molecule has 0 bridgehead atoms. The predicted octanol–water partition coefficient (Wildman–Crippen LogP) is 6.17. The number of anilines is 2. The SMILES string of the molecule is CC(=O)NS(=O)(=O)c1cc(OCC#N)c(NCC#Cc2sc3c(NC4CCC(N5CCC6(CC5)COC6)CC4)cccc3c2CC(F)(F)F)cc1F. The van der Waals surface area contributed by atoms with Gasteiger partial charge in [0.25, 0.3) is 10.0 Å². The molecular formula is C36H39F4N5O5S2. The van der Waals surface area contributed by atoms with Crippen molar-refractivity contribution in [3.05, 3.63) is 46.6 Å². The van der Waals surface area contributed by atoms with Crippen molar-refractivity contribution in [2.24, 2.45) is 5.41 Å². The van der Waals surface area contributed by atoms with E-state index in [-0.39, 0.29) is 34.5 Å². The topological polar surface area (TPSA) is 133 Å². The van der Waals surface area contributed by atoms with E-state index in [9.17, 15) is 30.8 Å². The molecule has 1 saturated carbocycles. The van der Waals surface area contributed by atoms with Gasteiger partial charge in [-0.25, -0.2) is 17.5 Å². The second kappa shape index (κ2) is 15.5. The molecule has 1 aromatic heterocycles. The number of piperidine rings is 1. The number of ether oxygens (including phenoxy) is 2. The highest BCUT2D eigenvalue weighted by atomic mass is 32.2. The zero-order valence-corrected chi connectivity index (χ0v) is 30.1. The van der Waals surface area contributed by atoms with Crippen molar-refractivity contribution in [1.82, 2.24) is 9.62 Å². The molecule has 2 aliphatic heterocycles. The van der Waals surface area contributed by atoms with Gasteiger partial charge in [-0.3, -0.25) is 4.79 Å². The van der Waals surface area contributed by atoms with E-state index in [0.717, 1.165) is 76.7 Å². The van der Waals surface area contributed by atoms with Gasteiger partial charge in [0.15, 0.2) is 6.61 Å². The standard InChI is InChI=1S/C36H39F4N5O5S2/c1-23(46)44-52(47,48)33-19-31(50-17-13-41)30(18-28(33)37)42-14-3-6-32-27(20-36(38,39)40)26-4-2-5-29(34(26)51-32)43-24-7-9-25(10-8-24)45-15-11-35(12-16-45)21-49-22-35/h2,4-5,18-19,24-25,42-43H,7-12,14-17,20-22H2,1H3,(H,44,46). The lowest BCUT2D eigenvalue weighted by Gasteiger charge is -2.49. The highest BCUT2D eigenvalue weighted by Gasteiger charge is 2.42. The number of carbonyl (C=O) groups is 1. The summed E-state index contributed by atoms with van der Waals surface area (Å²) in [5.41, 5.74) is 1.19. The maximum atomic E-state index is 14.9. The van der Waals surface area contributed by atoms with Gasteiger partial charge in [-0.05, 0) is 68.6 Å². The molecule has 1 amide bonds. The molecular weight excluding hydrogens is 723 g/mol. The molecule has 3 N–H and O–H groups in total. The third kappa shape index (κ3) is 8.74. The maximum absolute atomic E-state index is 14.9. The summed E-state index contributed by atoms with van der Waals surface area (Å²) in [6.07, 6.45) is 0.779. The van der Waals surface area contributed by atoms with E-state index in [1.807, 2.05) is 6.07 Å². The third-order valence-electron chi connectivity index (χ3n) is 9.91. The lowest BCUT2D eigenvalue weighted by molar-refractivity contribution is -0.143. The van der Waals surface area contributed by atoms with E-state index in [4.69, 9.17) is 14.7 Å². The van der Waals surface area contributed by atoms with Crippen LogP contribution in [0.2, 0.25) is 0 Å². The molecule has 0 atom stereocenters. The summed E-state index contributed by atoms with van der Waals surface area (Å²) in [6, 6.07) is 9.43. The minimum Gasteiger partial charge on any atom is -0.477 e. The van der Waals surface area contributed by atoms with Crippen molar-refractivity contribution in [3.63, 3.8) is 0 Å². The Morgan fingerprint density at radius 3 is 2.50 bits per heavy atom. The van der Waals surface area contributed by atoms with Crippen LogP contribution in [0.4, 0.5) is 28.9 Å². The molecule has 1 aliphatic carbocycles. The van der Waals surface area contributed by atoms with Gasteiger partial charge in [-0.2, -0.15) is 18.4 Å². The van der Waals surface area contributed by atoms with Crippen LogP contribution >= 0.6 is 11.3 Å². The minimum atomic E-state index is -4.57. The fraction of sp³-hybridized carbons (Fsp3) is 0.500. The number of carbonyl (C=O) groups excluding carboxylic acids is 1. The largest absolute Gasteiger partial charge is 0.477 e. The van der Waals surface area contributed by atoms with Gasteiger partial charge in [-0.1, -0.05) is 24.0 Å². The fourth-order valence-electron chi connectivity index (χ4n) is 7.23. The molecule has 2 saturated heterocycles. The van der Waals surface area contributed by atoms with Crippen molar-refractivity contribution in [1.29, 1.82) is 5.26 Å². The van der Waals surface area contributed by atoms with Gasteiger partial charge in [0.2, 0.25) is 5.91 Å². The zero-order chi connectivity index (χ0) is 37.1. The molecule has 0 unspecified atom stereocenters. The number of benzene rings is 2. The molecule has 278 valence electrons. The van der Waals surface area contributed by atoms with Gasteiger partial charge >= 0.3 is 6.18 Å². The monoisotopic (exact) mass is 761 g/mol. The molecule has 16 heteroatoms. The number of nitrogens with zero attached hydrogens (tertiary/aromatic N) is 2. The number of thiophene rings is 1. The van der Waals surface area contributed by atoms with Crippen LogP contribution in [0, 0.1) is 34.4 Å². The Kier molecular flexibility index (Phi) is 11.2. The molecule has 10 nitrogen and oxygen atoms in total. The van der Waals surface area contributed by atoms with Crippen LogP contribution in [0.15, 0.2) is 35.2 Å². The molecule has 3 fully saturated rings. The summed E-state index contributed by atoms with van der Waals surface area (Å²) in [6.45, 7) is 4.25. The average molecular weight is 762 g/mol. The first kappa shape index (κ1) is 37.7. The second-order valence-corrected chi connectivity index (χ2v) is 16.3. The quantitative estimate of drug-likeness (QED) is 0.164. The Morgan fingerprint density at radius 2 is 1.87 bits per heavy atom. The number of halogens is 4. The Balaban J connectivity index is 1.17. The molecule has 3 aromatic rings. The van der Waals surface area contributed by atoms with Gasteiger partial charge in [-0.15, -0.1) is 11.3 Å². The molecule has 3 heterocycles. The first-order valence-electron chi connectivity index (χ1n) is 17.0. The van der Waals surface area contributed by atoms with Crippen LogP contribution in [0.25, 0.3) is 10.1 Å². The van der Waals surface area contributed by atoms with Crippen molar-refractivity contribution in [3.8, 4) is 23.7 Å². The Morgan fingerprint density at radius 1 is 1.13 bits per heavy atom. The Bertz CT molecular complexity index is 2010. The van der Waals surface area contributed by atoms with Crippen molar-refractivity contribution in [2.75, 3.05) is 50.1 Å². The van der Waals surface area contributed by atoms with Crippen LogP contribution in [0.3, 0.4) is 0 Å². The van der Waals surface area contributed by atoms with Crippen molar-refractivity contribution < 1.29 is 40.2 Å². The normalized spacial score (nSPS) is 20.3. The summed E-state index contributed by atoms with van der Waals surface area (Å²) in [7, 11) is -4.57. The molecule has 1 spiro atoms. The Hall–Kier alpha value is -4.09. The second-order valence-electron chi connectivity index (χ2n) is 13.6. The number of nitrogens with one attached hydrogen (secondary N) is 3. The van der Waals surface area contributed by atoms with Gasteiger partial charge in [0.05, 0.1) is 47.1 Å². The number of amides is 1. The Labute approximate surface area is 303 Å². The van der Waals surface area contributed by atoms with Crippen molar-refractivity contribution >= 4 is 48.7 Å². The van der Waals surface area contributed by atoms with Crippen LogP contribution < -0.4 is 20.1 Å². The van der Waals surface area contributed by atoms with Crippen LogP contribution in [-0.2, 0) is 26.0 Å². The van der Waals surface area contributed by atoms with E-state index in [2.05, 4.69) is 27.4 Å². The van der Waals surface area contributed by atoms with Crippen LogP contribution in [0.1, 0.15) is 55.9 Å². The lowest BCUT2D eigenvalue weighted by Crippen LogP contribution is -2.53. The smallest absolute Gasteiger partial charge is 0.393 e. The number of fused-ring (bicyclic) bond motifs is 1. The number of rotatable bonds is 10. The number of hydrogen-bond donors (Lipinski definition) is 3. The summed E-state index contributed by atoms with van der Waals surface area (Å²) < 4.78 is 94.3. The lowest BCUT2D eigenvalue weighted by atomic mass is 9.76. The first-order chi connectivity index (χ1) is 24.8. The van der Waals surface area contributed by atoms with E-state index in [1.165, 1.54) is 24.2 Å². The minimum absolute atomic E-state index is 0.0472. The van der Waals surface area contributed by atoms with Gasteiger partial charge in [0.1, 0.15) is 22.5 Å². The number of sulfonamides is 1. The fourth-order valence-corrected chi connectivity index (χ4v) is 9.46. The summed E-state index contributed by atoms with van der Waals surface area (Å²) in [5, 5.41) is 15.9. The number of hydrogen-bond acceptors (Lipinski definition) is 10. The third-order valence-corrected chi connectivity index (χ3v) is 12.6. The molecule has 3 aliphatic rings. The average Bonchev–Trinajstić information content (AvgIpc) is 3.41. The predicted molar refractivity (Wildman–Crippen MR) is 189 cm³/mol. The van der Waals surface area contributed by atoms with Crippen LogP contribution in [-0.4, -0.2) is 76.9 Å². The molecule has 6 rings (SSSR count). The molecule has 2 aromatic carbocycles. The van der Waals surface area contributed by atoms with Gasteiger partial charge in [0, 0.05) is 36.6 Å². The summed E-state index contributed by atoms with van der Waals surface area (Å²) in [4.78, 5) is 13.3.